The van der Waals surface area contributed by atoms with Crippen molar-refractivity contribution in [1.82, 2.24) is 9.97 Å². The standard InChI is InChI=1S/C14H23F3N4/c1-3-8-18-12-10-13(21-11(4-2)20-12)19-9-6-5-7-14(15,16)17/h10H,3-9H2,1-2H3,(H2,18,19,20,21). The molecule has 0 aromatic carbocycles. The Hall–Kier alpha value is -1.53. The molecule has 1 aromatic rings. The molecule has 0 fully saturated rings. The second-order valence-corrected chi connectivity index (χ2v) is 4.83. The van der Waals surface area contributed by atoms with Crippen molar-refractivity contribution >= 4 is 11.6 Å². The van der Waals surface area contributed by atoms with Gasteiger partial charge >= 0.3 is 6.18 Å². The minimum Gasteiger partial charge on any atom is -0.370 e. The monoisotopic (exact) mass is 304 g/mol. The molecule has 120 valence electrons. The molecular weight excluding hydrogens is 281 g/mol. The van der Waals surface area contributed by atoms with Gasteiger partial charge in [-0.3, -0.25) is 0 Å². The van der Waals surface area contributed by atoms with Crippen LogP contribution in [0.25, 0.3) is 0 Å². The van der Waals surface area contributed by atoms with Gasteiger partial charge in [-0.15, -0.1) is 0 Å². The molecule has 0 unspecified atom stereocenters. The summed E-state index contributed by atoms with van der Waals surface area (Å²) >= 11 is 0. The van der Waals surface area contributed by atoms with E-state index in [1.165, 1.54) is 0 Å². The predicted octanol–water partition coefficient (Wildman–Crippen LogP) is 4.01. The molecule has 1 heterocycles. The summed E-state index contributed by atoms with van der Waals surface area (Å²) in [4.78, 5) is 8.68. The van der Waals surface area contributed by atoms with Gasteiger partial charge in [0.1, 0.15) is 17.5 Å². The molecule has 0 saturated heterocycles. The molecule has 0 aliphatic heterocycles. The third-order valence-corrected chi connectivity index (χ3v) is 2.84. The van der Waals surface area contributed by atoms with Crippen molar-refractivity contribution in [3.8, 4) is 0 Å². The van der Waals surface area contributed by atoms with Crippen LogP contribution >= 0.6 is 0 Å². The van der Waals surface area contributed by atoms with Gasteiger partial charge in [-0.1, -0.05) is 13.8 Å². The van der Waals surface area contributed by atoms with Crippen molar-refractivity contribution in [1.29, 1.82) is 0 Å². The second kappa shape index (κ2) is 8.69. The summed E-state index contributed by atoms with van der Waals surface area (Å²) in [7, 11) is 0. The molecule has 0 atom stereocenters. The fraction of sp³-hybridized carbons (Fsp3) is 0.714. The van der Waals surface area contributed by atoms with Crippen molar-refractivity contribution in [3.63, 3.8) is 0 Å². The van der Waals surface area contributed by atoms with Crippen LogP contribution in [0.4, 0.5) is 24.8 Å². The number of alkyl halides is 3. The van der Waals surface area contributed by atoms with Gasteiger partial charge in [0.25, 0.3) is 0 Å². The summed E-state index contributed by atoms with van der Waals surface area (Å²) in [6.07, 6.45) is -2.51. The summed E-state index contributed by atoms with van der Waals surface area (Å²) in [6, 6.07) is 1.79. The van der Waals surface area contributed by atoms with E-state index in [-0.39, 0.29) is 6.42 Å². The first-order chi connectivity index (χ1) is 9.94. The van der Waals surface area contributed by atoms with Crippen LogP contribution in [0.1, 0.15) is 45.4 Å². The molecule has 0 spiro atoms. The zero-order valence-corrected chi connectivity index (χ0v) is 12.6. The molecule has 0 bridgehead atoms. The molecular formula is C14H23F3N4. The first kappa shape index (κ1) is 17.5. The normalized spacial score (nSPS) is 11.5. The van der Waals surface area contributed by atoms with Crippen molar-refractivity contribution in [2.75, 3.05) is 23.7 Å². The van der Waals surface area contributed by atoms with Gasteiger partial charge in [-0.2, -0.15) is 13.2 Å². The van der Waals surface area contributed by atoms with Gasteiger partial charge in [0.2, 0.25) is 0 Å². The maximum absolute atomic E-state index is 12.0. The maximum atomic E-state index is 12.0. The van der Waals surface area contributed by atoms with E-state index >= 15 is 0 Å². The van der Waals surface area contributed by atoms with E-state index in [2.05, 4.69) is 27.5 Å². The summed E-state index contributed by atoms with van der Waals surface area (Å²) in [5.74, 6) is 2.13. The largest absolute Gasteiger partial charge is 0.389 e. The van der Waals surface area contributed by atoms with Crippen molar-refractivity contribution in [2.24, 2.45) is 0 Å². The summed E-state index contributed by atoms with van der Waals surface area (Å²) in [6.45, 7) is 5.33. The van der Waals surface area contributed by atoms with Gasteiger partial charge in [0.05, 0.1) is 0 Å². The fourth-order valence-electron chi connectivity index (χ4n) is 1.76. The van der Waals surface area contributed by atoms with E-state index in [4.69, 9.17) is 0 Å². The molecule has 1 aromatic heterocycles. The number of hydrogen-bond acceptors (Lipinski definition) is 4. The number of aromatic nitrogens is 2. The average molecular weight is 304 g/mol. The molecule has 4 nitrogen and oxygen atoms in total. The number of rotatable bonds is 9. The van der Waals surface area contributed by atoms with Crippen LogP contribution in [0.5, 0.6) is 0 Å². The smallest absolute Gasteiger partial charge is 0.370 e. The van der Waals surface area contributed by atoms with Crippen LogP contribution in [0.3, 0.4) is 0 Å². The zero-order valence-electron chi connectivity index (χ0n) is 12.6. The van der Waals surface area contributed by atoms with Crippen molar-refractivity contribution < 1.29 is 13.2 Å². The first-order valence-corrected chi connectivity index (χ1v) is 7.37. The molecule has 7 heteroatoms. The van der Waals surface area contributed by atoms with E-state index < -0.39 is 12.6 Å². The van der Waals surface area contributed by atoms with E-state index in [0.717, 1.165) is 18.8 Å². The Labute approximate surface area is 123 Å². The molecule has 0 aliphatic carbocycles. The third-order valence-electron chi connectivity index (χ3n) is 2.84. The van der Waals surface area contributed by atoms with E-state index in [1.807, 2.05) is 6.92 Å². The number of nitrogens with one attached hydrogen (secondary N) is 2. The van der Waals surface area contributed by atoms with Crippen LogP contribution < -0.4 is 10.6 Å². The molecule has 1 rings (SSSR count). The van der Waals surface area contributed by atoms with E-state index in [0.29, 0.717) is 31.0 Å². The Morgan fingerprint density at radius 2 is 1.62 bits per heavy atom. The number of aryl methyl sites for hydroxylation is 1. The SMILES string of the molecule is CCCNc1cc(NCCCCC(F)(F)F)nc(CC)n1. The Balaban J connectivity index is 2.46. The number of unbranched alkanes of at least 4 members (excludes halogenated alkanes) is 1. The highest BCUT2D eigenvalue weighted by Crippen LogP contribution is 2.22. The highest BCUT2D eigenvalue weighted by molar-refractivity contribution is 5.47. The minimum absolute atomic E-state index is 0.128. The number of nitrogens with zero attached hydrogens (tertiary/aromatic N) is 2. The van der Waals surface area contributed by atoms with Gasteiger partial charge in [0, 0.05) is 32.0 Å². The zero-order chi connectivity index (χ0) is 15.7. The summed E-state index contributed by atoms with van der Waals surface area (Å²) < 4.78 is 36.1. The van der Waals surface area contributed by atoms with Gasteiger partial charge in [0.15, 0.2) is 0 Å². The van der Waals surface area contributed by atoms with Crippen LogP contribution in [0.2, 0.25) is 0 Å². The topological polar surface area (TPSA) is 49.8 Å². The lowest BCUT2D eigenvalue weighted by atomic mass is 10.2. The predicted molar refractivity (Wildman–Crippen MR) is 78.6 cm³/mol. The van der Waals surface area contributed by atoms with Crippen molar-refractivity contribution in [2.45, 2.75) is 52.1 Å². The third kappa shape index (κ3) is 7.72. The minimum atomic E-state index is -4.07. The lowest BCUT2D eigenvalue weighted by Crippen LogP contribution is -2.11. The average Bonchev–Trinajstić information content (AvgIpc) is 2.43. The molecule has 0 aliphatic rings. The molecule has 21 heavy (non-hydrogen) atoms. The van der Waals surface area contributed by atoms with E-state index in [9.17, 15) is 13.2 Å². The van der Waals surface area contributed by atoms with Crippen LogP contribution in [0.15, 0.2) is 6.07 Å². The fourth-order valence-corrected chi connectivity index (χ4v) is 1.76. The number of halogens is 3. The van der Waals surface area contributed by atoms with Gasteiger partial charge < -0.3 is 10.6 Å². The molecule has 2 N–H and O–H groups in total. The summed E-state index contributed by atoms with van der Waals surface area (Å²) in [5.41, 5.74) is 0. The highest BCUT2D eigenvalue weighted by atomic mass is 19.4. The number of hydrogen-bond donors (Lipinski definition) is 2. The lowest BCUT2D eigenvalue weighted by molar-refractivity contribution is -0.135. The van der Waals surface area contributed by atoms with Gasteiger partial charge in [-0.25, -0.2) is 9.97 Å². The molecule has 0 radical (unpaired) electrons. The summed E-state index contributed by atoms with van der Waals surface area (Å²) in [5, 5.41) is 6.26. The Morgan fingerprint density at radius 1 is 1.00 bits per heavy atom. The second-order valence-electron chi connectivity index (χ2n) is 4.83. The lowest BCUT2D eigenvalue weighted by Gasteiger charge is -2.11. The van der Waals surface area contributed by atoms with Crippen LogP contribution in [0, 0.1) is 0 Å². The molecule has 0 amide bonds. The van der Waals surface area contributed by atoms with Gasteiger partial charge in [-0.05, 0) is 19.3 Å². The van der Waals surface area contributed by atoms with Crippen LogP contribution in [-0.2, 0) is 6.42 Å². The van der Waals surface area contributed by atoms with E-state index in [1.54, 1.807) is 6.07 Å². The first-order valence-electron chi connectivity index (χ1n) is 7.37. The maximum Gasteiger partial charge on any atom is 0.389 e. The highest BCUT2D eigenvalue weighted by Gasteiger charge is 2.25. The Bertz CT molecular complexity index is 421. The van der Waals surface area contributed by atoms with Crippen molar-refractivity contribution in [3.05, 3.63) is 11.9 Å². The molecule has 0 saturated carbocycles. The quantitative estimate of drug-likeness (QED) is 0.677. The number of anilines is 2. The Kier molecular flexibility index (Phi) is 7.25. The Morgan fingerprint density at radius 3 is 2.14 bits per heavy atom. The van der Waals surface area contributed by atoms with Crippen LogP contribution in [-0.4, -0.2) is 29.2 Å².